The summed E-state index contributed by atoms with van der Waals surface area (Å²) >= 11 is 0. The molecule has 0 heterocycles. The van der Waals surface area contributed by atoms with Gasteiger partial charge in [-0.1, -0.05) is 45.0 Å². The van der Waals surface area contributed by atoms with E-state index in [1.807, 2.05) is 24.3 Å². The van der Waals surface area contributed by atoms with Crippen LogP contribution in [0.2, 0.25) is 0 Å². The summed E-state index contributed by atoms with van der Waals surface area (Å²) < 4.78 is 4.60. The van der Waals surface area contributed by atoms with Crippen molar-refractivity contribution < 1.29 is 14.3 Å². The molecule has 19 heavy (non-hydrogen) atoms. The van der Waals surface area contributed by atoms with Gasteiger partial charge in [-0.25, -0.2) is 4.79 Å². The number of hydrogen-bond donors (Lipinski definition) is 1. The van der Waals surface area contributed by atoms with Crippen molar-refractivity contribution in [3.05, 3.63) is 35.4 Å². The summed E-state index contributed by atoms with van der Waals surface area (Å²) in [7, 11) is 0. The van der Waals surface area contributed by atoms with Crippen molar-refractivity contribution in [2.45, 2.75) is 39.7 Å². The van der Waals surface area contributed by atoms with Gasteiger partial charge in [-0.2, -0.15) is 0 Å². The molecule has 1 rings (SSSR count). The van der Waals surface area contributed by atoms with Crippen molar-refractivity contribution >= 4 is 11.9 Å². The molecular formula is C15H21NO3. The minimum absolute atomic E-state index is 0.104. The Bertz CT molecular complexity index is 443. The summed E-state index contributed by atoms with van der Waals surface area (Å²) in [5.41, 5.74) is 2.28. The maximum absolute atomic E-state index is 11.3. The van der Waals surface area contributed by atoms with Gasteiger partial charge in [-0.05, 0) is 23.5 Å². The molecule has 0 fully saturated rings. The van der Waals surface area contributed by atoms with Crippen molar-refractivity contribution in [3.8, 4) is 0 Å². The van der Waals surface area contributed by atoms with Gasteiger partial charge in [0, 0.05) is 6.54 Å². The maximum Gasteiger partial charge on any atom is 0.396 e. The Balaban J connectivity index is 2.55. The van der Waals surface area contributed by atoms with E-state index in [-0.39, 0.29) is 12.0 Å². The number of rotatable bonds is 3. The number of benzene rings is 1. The lowest BCUT2D eigenvalue weighted by Gasteiger charge is -2.19. The van der Waals surface area contributed by atoms with E-state index in [0.29, 0.717) is 6.54 Å². The molecule has 0 aliphatic heterocycles. The van der Waals surface area contributed by atoms with E-state index in [1.165, 1.54) is 5.56 Å². The first kappa shape index (κ1) is 15.2. The minimum Gasteiger partial charge on any atom is -0.459 e. The van der Waals surface area contributed by atoms with Crippen LogP contribution < -0.4 is 5.32 Å². The van der Waals surface area contributed by atoms with Crippen molar-refractivity contribution in [2.75, 3.05) is 6.61 Å². The molecule has 104 valence electrons. The average molecular weight is 263 g/mol. The summed E-state index contributed by atoms with van der Waals surface area (Å²) in [5, 5.41) is 2.53. The molecule has 1 aromatic carbocycles. The molecule has 4 nitrogen and oxygen atoms in total. The fourth-order valence-corrected chi connectivity index (χ4v) is 1.57. The highest BCUT2D eigenvalue weighted by atomic mass is 16.5. The lowest BCUT2D eigenvalue weighted by molar-refractivity contribution is -0.154. The second kappa shape index (κ2) is 6.36. The number of amides is 1. The number of esters is 1. The molecule has 0 unspecified atom stereocenters. The van der Waals surface area contributed by atoms with Crippen molar-refractivity contribution in [1.82, 2.24) is 5.32 Å². The second-order valence-electron chi connectivity index (χ2n) is 5.35. The zero-order chi connectivity index (χ0) is 14.5. The normalized spacial score (nSPS) is 10.9. The predicted octanol–water partition coefficient (Wildman–Crippen LogP) is 2.16. The summed E-state index contributed by atoms with van der Waals surface area (Å²) in [6, 6.07) is 7.97. The van der Waals surface area contributed by atoms with E-state index in [0.717, 1.165) is 5.56 Å². The Morgan fingerprint density at radius 3 is 2.21 bits per heavy atom. The van der Waals surface area contributed by atoms with Gasteiger partial charge in [0.25, 0.3) is 0 Å². The molecule has 0 spiro atoms. The smallest absolute Gasteiger partial charge is 0.396 e. The van der Waals surface area contributed by atoms with Gasteiger partial charge < -0.3 is 10.1 Å². The first-order valence-corrected chi connectivity index (χ1v) is 6.39. The Kier molecular flexibility index (Phi) is 5.10. The van der Waals surface area contributed by atoms with Crippen LogP contribution in [-0.4, -0.2) is 18.5 Å². The zero-order valence-electron chi connectivity index (χ0n) is 11.9. The van der Waals surface area contributed by atoms with E-state index in [9.17, 15) is 9.59 Å². The van der Waals surface area contributed by atoms with Crippen molar-refractivity contribution in [2.24, 2.45) is 0 Å². The van der Waals surface area contributed by atoms with Gasteiger partial charge in [0.15, 0.2) is 0 Å². The zero-order valence-corrected chi connectivity index (χ0v) is 11.9. The van der Waals surface area contributed by atoms with Crippen LogP contribution >= 0.6 is 0 Å². The predicted molar refractivity (Wildman–Crippen MR) is 73.6 cm³/mol. The molecule has 4 heteroatoms. The molecule has 0 aromatic heterocycles. The molecule has 0 bridgehead atoms. The van der Waals surface area contributed by atoms with E-state index < -0.39 is 11.9 Å². The van der Waals surface area contributed by atoms with Crippen LogP contribution in [0.25, 0.3) is 0 Å². The second-order valence-corrected chi connectivity index (χ2v) is 5.35. The van der Waals surface area contributed by atoms with E-state index in [4.69, 9.17) is 0 Å². The van der Waals surface area contributed by atoms with Crippen LogP contribution in [0.3, 0.4) is 0 Å². The van der Waals surface area contributed by atoms with Crippen LogP contribution in [0.1, 0.15) is 38.8 Å². The minimum atomic E-state index is -0.839. The molecule has 0 aliphatic rings. The van der Waals surface area contributed by atoms with E-state index >= 15 is 0 Å². The lowest BCUT2D eigenvalue weighted by Crippen LogP contribution is -2.32. The van der Waals surface area contributed by atoms with Crippen molar-refractivity contribution in [3.63, 3.8) is 0 Å². The highest BCUT2D eigenvalue weighted by Crippen LogP contribution is 2.22. The van der Waals surface area contributed by atoms with Gasteiger partial charge >= 0.3 is 11.9 Å². The van der Waals surface area contributed by atoms with Gasteiger partial charge in [-0.3, -0.25) is 4.79 Å². The maximum atomic E-state index is 11.3. The Morgan fingerprint density at radius 1 is 1.16 bits per heavy atom. The summed E-state index contributed by atoms with van der Waals surface area (Å²) in [4.78, 5) is 22.5. The number of carbonyl (C=O) groups excluding carboxylic acids is 2. The Labute approximate surface area is 114 Å². The summed E-state index contributed by atoms with van der Waals surface area (Å²) in [6.07, 6.45) is 0. The third-order valence-electron chi connectivity index (χ3n) is 2.73. The average Bonchev–Trinajstić information content (AvgIpc) is 2.35. The Hall–Kier alpha value is -1.84. The Morgan fingerprint density at radius 2 is 1.74 bits per heavy atom. The van der Waals surface area contributed by atoms with Gasteiger partial charge in [0.1, 0.15) is 0 Å². The van der Waals surface area contributed by atoms with Crippen molar-refractivity contribution in [1.29, 1.82) is 0 Å². The number of ether oxygens (including phenoxy) is 1. The summed E-state index contributed by atoms with van der Waals surface area (Å²) in [6.45, 7) is 8.62. The number of hydrogen-bond acceptors (Lipinski definition) is 3. The molecule has 0 radical (unpaired) electrons. The van der Waals surface area contributed by atoms with Gasteiger partial charge in [0.2, 0.25) is 0 Å². The van der Waals surface area contributed by atoms with Crippen LogP contribution in [0.5, 0.6) is 0 Å². The summed E-state index contributed by atoms with van der Waals surface area (Å²) in [5.74, 6) is -1.55. The molecular weight excluding hydrogens is 242 g/mol. The molecule has 0 saturated heterocycles. The molecule has 1 aromatic rings. The fourth-order valence-electron chi connectivity index (χ4n) is 1.57. The molecule has 1 amide bonds. The largest absolute Gasteiger partial charge is 0.459 e. The molecule has 1 N–H and O–H groups in total. The molecule has 0 atom stereocenters. The SMILES string of the molecule is CCOC(=O)C(=O)NCc1ccc(C(C)(C)C)cc1. The van der Waals surface area contributed by atoms with Gasteiger partial charge in [-0.15, -0.1) is 0 Å². The topological polar surface area (TPSA) is 55.4 Å². The van der Waals surface area contributed by atoms with Gasteiger partial charge in [0.05, 0.1) is 6.61 Å². The number of nitrogens with one attached hydrogen (secondary N) is 1. The van der Waals surface area contributed by atoms with Crippen LogP contribution in [0, 0.1) is 0 Å². The third-order valence-corrected chi connectivity index (χ3v) is 2.73. The first-order valence-electron chi connectivity index (χ1n) is 6.39. The quantitative estimate of drug-likeness (QED) is 0.671. The molecule has 0 aliphatic carbocycles. The standard InChI is InChI=1S/C15H21NO3/c1-5-19-14(18)13(17)16-10-11-6-8-12(9-7-11)15(2,3)4/h6-9H,5,10H2,1-4H3,(H,16,17). The lowest BCUT2D eigenvalue weighted by atomic mass is 9.87. The monoisotopic (exact) mass is 263 g/mol. The van der Waals surface area contributed by atoms with Crippen LogP contribution in [0.4, 0.5) is 0 Å². The number of carbonyl (C=O) groups is 2. The molecule has 0 saturated carbocycles. The van der Waals surface area contributed by atoms with Crippen LogP contribution in [0.15, 0.2) is 24.3 Å². The van der Waals surface area contributed by atoms with E-state index in [2.05, 4.69) is 30.8 Å². The van der Waals surface area contributed by atoms with E-state index in [1.54, 1.807) is 6.92 Å². The van der Waals surface area contributed by atoms with Crippen LogP contribution in [-0.2, 0) is 26.3 Å². The highest BCUT2D eigenvalue weighted by molar-refractivity contribution is 6.32. The highest BCUT2D eigenvalue weighted by Gasteiger charge is 2.15. The third kappa shape index (κ3) is 4.73. The fraction of sp³-hybridized carbons (Fsp3) is 0.467. The first-order chi connectivity index (χ1) is 8.84.